The van der Waals surface area contributed by atoms with Crippen LogP contribution in [0.1, 0.15) is 18.9 Å². The molecular weight excluding hydrogens is 275 g/mol. The van der Waals surface area contributed by atoms with Gasteiger partial charge in [0.2, 0.25) is 0 Å². The topological polar surface area (TPSA) is 72.4 Å². The summed E-state index contributed by atoms with van der Waals surface area (Å²) in [5, 5.41) is 0. The van der Waals surface area contributed by atoms with E-state index in [1.54, 1.807) is 12.1 Å². The monoisotopic (exact) mass is 290 g/mol. The largest absolute Gasteiger partial charge is 0.780 e. The molecule has 2 rings (SSSR count). The summed E-state index contributed by atoms with van der Waals surface area (Å²) in [5.74, 6) is 0.0321. The number of rotatable bonds is 5. The van der Waals surface area contributed by atoms with Crippen molar-refractivity contribution in [2.75, 3.05) is 0 Å². The summed E-state index contributed by atoms with van der Waals surface area (Å²) in [6, 6.07) is 14.6. The Hall–Kier alpha value is -1.61. The van der Waals surface area contributed by atoms with Crippen molar-refractivity contribution in [2.24, 2.45) is 0 Å². The van der Waals surface area contributed by atoms with Crippen LogP contribution in [0.5, 0.6) is 5.75 Å². The zero-order valence-electron chi connectivity index (χ0n) is 11.1. The minimum atomic E-state index is -4.99. The van der Waals surface area contributed by atoms with Gasteiger partial charge in [-0.15, -0.1) is 0 Å². The van der Waals surface area contributed by atoms with E-state index in [4.69, 9.17) is 0 Å². The van der Waals surface area contributed by atoms with Crippen molar-refractivity contribution >= 4 is 7.82 Å². The third-order valence-electron chi connectivity index (χ3n) is 2.90. The fraction of sp³-hybridized carbons (Fsp3) is 0.200. The lowest BCUT2D eigenvalue weighted by atomic mass is 10.0. The van der Waals surface area contributed by atoms with E-state index in [0.29, 0.717) is 0 Å². The van der Waals surface area contributed by atoms with E-state index in [2.05, 4.69) is 23.6 Å². The van der Waals surface area contributed by atoms with Crippen LogP contribution < -0.4 is 14.3 Å². The Bertz CT molecular complexity index is 599. The number of hydrogen-bond donors (Lipinski definition) is 0. The van der Waals surface area contributed by atoms with Crippen LogP contribution >= 0.6 is 7.82 Å². The Morgan fingerprint density at radius 2 is 1.45 bits per heavy atom. The van der Waals surface area contributed by atoms with Crippen LogP contribution in [0.2, 0.25) is 0 Å². The van der Waals surface area contributed by atoms with Gasteiger partial charge in [-0.3, -0.25) is 0 Å². The van der Waals surface area contributed by atoms with Crippen molar-refractivity contribution in [1.82, 2.24) is 0 Å². The highest BCUT2D eigenvalue weighted by Gasteiger charge is 2.00. The molecule has 2 aromatic carbocycles. The van der Waals surface area contributed by atoms with E-state index >= 15 is 0 Å². The van der Waals surface area contributed by atoms with Crippen molar-refractivity contribution in [2.45, 2.75) is 19.8 Å². The average Bonchev–Trinajstić information content (AvgIpc) is 2.39. The number of hydrogen-bond acceptors (Lipinski definition) is 4. The molecule has 0 aromatic heterocycles. The lowest BCUT2D eigenvalue weighted by Crippen LogP contribution is -2.18. The quantitative estimate of drug-likeness (QED) is 0.793. The number of benzene rings is 2. The van der Waals surface area contributed by atoms with E-state index < -0.39 is 7.82 Å². The summed E-state index contributed by atoms with van der Waals surface area (Å²) in [7, 11) is -4.99. The molecule has 0 atom stereocenters. The molecule has 0 N–H and O–H groups in total. The molecule has 0 aliphatic rings. The highest BCUT2D eigenvalue weighted by atomic mass is 31.2. The van der Waals surface area contributed by atoms with Crippen molar-refractivity contribution in [3.8, 4) is 16.9 Å². The minimum Gasteiger partial charge on any atom is -0.780 e. The maximum absolute atomic E-state index is 10.5. The van der Waals surface area contributed by atoms with Gasteiger partial charge in [0.1, 0.15) is 13.6 Å². The second-order valence-electron chi connectivity index (χ2n) is 4.51. The predicted octanol–water partition coefficient (Wildman–Crippen LogP) is 2.51. The summed E-state index contributed by atoms with van der Waals surface area (Å²) in [6.07, 6.45) is 2.16. The van der Waals surface area contributed by atoms with Gasteiger partial charge in [0, 0.05) is 0 Å². The van der Waals surface area contributed by atoms with E-state index in [1.807, 2.05) is 12.1 Å². The maximum atomic E-state index is 10.5. The van der Waals surface area contributed by atoms with Gasteiger partial charge in [-0.25, -0.2) is 0 Å². The SMILES string of the molecule is CCCc1ccc(-c2ccc(OP(=O)([O-])[O-])cc2)cc1. The van der Waals surface area contributed by atoms with Crippen LogP contribution in [0.25, 0.3) is 11.1 Å². The van der Waals surface area contributed by atoms with Gasteiger partial charge >= 0.3 is 0 Å². The summed E-state index contributed by atoms with van der Waals surface area (Å²) >= 11 is 0. The highest BCUT2D eigenvalue weighted by molar-refractivity contribution is 7.43. The van der Waals surface area contributed by atoms with E-state index in [9.17, 15) is 14.4 Å². The Morgan fingerprint density at radius 3 is 1.90 bits per heavy atom. The van der Waals surface area contributed by atoms with Crippen LogP contribution in [-0.2, 0) is 11.0 Å². The number of phosphoric acid groups is 1. The molecule has 0 unspecified atom stereocenters. The van der Waals surface area contributed by atoms with Crippen molar-refractivity contribution in [3.63, 3.8) is 0 Å². The van der Waals surface area contributed by atoms with Crippen LogP contribution in [0.15, 0.2) is 48.5 Å². The first-order valence-corrected chi connectivity index (χ1v) is 7.85. The van der Waals surface area contributed by atoms with Gasteiger partial charge in [0.05, 0.1) is 0 Å². The van der Waals surface area contributed by atoms with Crippen LogP contribution in [0.4, 0.5) is 0 Å². The summed E-state index contributed by atoms with van der Waals surface area (Å²) in [4.78, 5) is 21.0. The van der Waals surface area contributed by atoms with Crippen LogP contribution in [0, 0.1) is 0 Å². The van der Waals surface area contributed by atoms with Gasteiger partial charge in [0.25, 0.3) is 0 Å². The molecule has 0 saturated heterocycles. The molecule has 0 heterocycles. The van der Waals surface area contributed by atoms with Crippen LogP contribution in [-0.4, -0.2) is 0 Å². The van der Waals surface area contributed by atoms with Gasteiger partial charge in [-0.2, -0.15) is 0 Å². The molecule has 4 nitrogen and oxygen atoms in total. The molecule has 0 aliphatic heterocycles. The fourth-order valence-corrected chi connectivity index (χ4v) is 2.37. The normalized spacial score (nSPS) is 11.3. The maximum Gasteiger partial charge on any atom is 0.124 e. The molecule has 0 bridgehead atoms. The molecule has 0 amide bonds. The predicted molar refractivity (Wildman–Crippen MR) is 74.1 cm³/mol. The minimum absolute atomic E-state index is 0.0321. The molecule has 0 saturated carbocycles. The van der Waals surface area contributed by atoms with E-state index in [1.165, 1.54) is 17.7 Å². The molecule has 0 aliphatic carbocycles. The zero-order chi connectivity index (χ0) is 14.6. The Balaban J connectivity index is 2.15. The summed E-state index contributed by atoms with van der Waals surface area (Å²) in [6.45, 7) is 2.14. The lowest BCUT2D eigenvalue weighted by molar-refractivity contribution is -0.333. The Labute approximate surface area is 118 Å². The second kappa shape index (κ2) is 6.23. The second-order valence-corrected chi connectivity index (χ2v) is 5.59. The molecule has 20 heavy (non-hydrogen) atoms. The van der Waals surface area contributed by atoms with E-state index in [0.717, 1.165) is 24.0 Å². The summed E-state index contributed by atoms with van der Waals surface area (Å²) in [5.41, 5.74) is 3.26. The summed E-state index contributed by atoms with van der Waals surface area (Å²) < 4.78 is 14.8. The average molecular weight is 290 g/mol. The lowest BCUT2D eigenvalue weighted by Gasteiger charge is -2.28. The fourth-order valence-electron chi connectivity index (χ4n) is 1.99. The van der Waals surface area contributed by atoms with E-state index in [-0.39, 0.29) is 5.75 Å². The first kappa shape index (κ1) is 14.8. The molecule has 2 aromatic rings. The first-order valence-electron chi connectivity index (χ1n) is 6.39. The third kappa shape index (κ3) is 4.20. The molecule has 0 radical (unpaired) electrons. The van der Waals surface area contributed by atoms with Gasteiger partial charge in [0.15, 0.2) is 0 Å². The van der Waals surface area contributed by atoms with Crippen molar-refractivity contribution < 1.29 is 18.9 Å². The van der Waals surface area contributed by atoms with Gasteiger partial charge in [-0.1, -0.05) is 49.7 Å². The number of aryl methyl sites for hydroxylation is 1. The molecule has 0 fully saturated rings. The molecule has 5 heteroatoms. The first-order chi connectivity index (χ1) is 9.48. The number of phosphoric ester groups is 1. The van der Waals surface area contributed by atoms with Crippen molar-refractivity contribution in [1.29, 1.82) is 0 Å². The van der Waals surface area contributed by atoms with Crippen LogP contribution in [0.3, 0.4) is 0 Å². The molecule has 106 valence electrons. The van der Waals surface area contributed by atoms with Gasteiger partial charge < -0.3 is 18.9 Å². The smallest absolute Gasteiger partial charge is 0.124 e. The molecular formula is C15H15O4P-2. The third-order valence-corrected chi connectivity index (χ3v) is 3.33. The Kier molecular flexibility index (Phi) is 4.61. The van der Waals surface area contributed by atoms with Crippen molar-refractivity contribution in [3.05, 3.63) is 54.1 Å². The van der Waals surface area contributed by atoms with Gasteiger partial charge in [-0.05, 0) is 35.2 Å². The zero-order valence-corrected chi connectivity index (χ0v) is 12.0. The molecule has 0 spiro atoms. The highest BCUT2D eigenvalue weighted by Crippen LogP contribution is 2.30. The standard InChI is InChI=1S/C15H17O4P/c1-2-3-12-4-6-13(7-5-12)14-8-10-15(11-9-14)19-20(16,17)18/h4-11H,2-3H2,1H3,(H2,16,17,18)/p-2. The Morgan fingerprint density at radius 1 is 0.950 bits per heavy atom.